The standard InChI is InChI=1S/C18H24N2O3S/c1-11(2)13-5-7-14(8-6-13)16-15(12(3)19-18(22)20-16)17(21)23-9-10-24-4/h5-8,11,16H,9-10H2,1-4H3,(H2,19,20,22). The lowest BCUT2D eigenvalue weighted by Crippen LogP contribution is -2.45. The fourth-order valence-corrected chi connectivity index (χ4v) is 2.83. The molecule has 0 aliphatic carbocycles. The summed E-state index contributed by atoms with van der Waals surface area (Å²) in [5.41, 5.74) is 3.06. The molecule has 5 nitrogen and oxygen atoms in total. The minimum Gasteiger partial charge on any atom is -0.461 e. The van der Waals surface area contributed by atoms with E-state index in [1.54, 1.807) is 18.7 Å². The average Bonchev–Trinajstić information content (AvgIpc) is 2.54. The Morgan fingerprint density at radius 3 is 2.54 bits per heavy atom. The normalized spacial score (nSPS) is 17.5. The second-order valence-electron chi connectivity index (χ2n) is 6.02. The summed E-state index contributed by atoms with van der Waals surface area (Å²) in [6, 6.07) is 7.15. The highest BCUT2D eigenvalue weighted by atomic mass is 32.2. The van der Waals surface area contributed by atoms with E-state index in [9.17, 15) is 9.59 Å². The number of hydrogen-bond acceptors (Lipinski definition) is 4. The van der Waals surface area contributed by atoms with Crippen LogP contribution in [-0.4, -0.2) is 30.6 Å². The lowest BCUT2D eigenvalue weighted by molar-refractivity contribution is -0.138. The number of nitrogens with one attached hydrogen (secondary N) is 2. The van der Waals surface area contributed by atoms with Gasteiger partial charge in [0.1, 0.15) is 6.61 Å². The quantitative estimate of drug-likeness (QED) is 0.611. The highest BCUT2D eigenvalue weighted by molar-refractivity contribution is 7.98. The van der Waals surface area contributed by atoms with Crippen molar-refractivity contribution in [1.82, 2.24) is 10.6 Å². The van der Waals surface area contributed by atoms with Crippen LogP contribution in [-0.2, 0) is 9.53 Å². The fourth-order valence-electron chi connectivity index (χ4n) is 2.58. The molecule has 1 aromatic rings. The number of allylic oxidation sites excluding steroid dienone is 1. The third-order valence-electron chi connectivity index (χ3n) is 3.95. The smallest absolute Gasteiger partial charge is 0.338 e. The second-order valence-corrected chi connectivity index (χ2v) is 7.01. The van der Waals surface area contributed by atoms with E-state index < -0.39 is 12.0 Å². The van der Waals surface area contributed by atoms with E-state index in [1.807, 2.05) is 30.5 Å². The van der Waals surface area contributed by atoms with Gasteiger partial charge in [0.15, 0.2) is 0 Å². The Morgan fingerprint density at radius 1 is 1.29 bits per heavy atom. The van der Waals surface area contributed by atoms with E-state index in [2.05, 4.69) is 24.5 Å². The summed E-state index contributed by atoms with van der Waals surface area (Å²) in [6.07, 6.45) is 1.96. The van der Waals surface area contributed by atoms with Crippen LogP contribution in [0.1, 0.15) is 43.9 Å². The SMILES string of the molecule is CSCCOC(=O)C1=C(C)NC(=O)NC1c1ccc(C(C)C)cc1. The van der Waals surface area contributed by atoms with Gasteiger partial charge in [-0.25, -0.2) is 9.59 Å². The number of thioether (sulfide) groups is 1. The number of urea groups is 1. The molecule has 6 heteroatoms. The zero-order valence-corrected chi connectivity index (χ0v) is 15.3. The Kier molecular flexibility index (Phi) is 6.31. The second kappa shape index (κ2) is 8.24. The highest BCUT2D eigenvalue weighted by Gasteiger charge is 2.32. The van der Waals surface area contributed by atoms with Crippen molar-refractivity contribution in [2.45, 2.75) is 32.7 Å². The molecule has 0 fully saturated rings. The van der Waals surface area contributed by atoms with Crippen LogP contribution in [0.25, 0.3) is 0 Å². The molecule has 0 spiro atoms. The minimum absolute atomic E-state index is 0.314. The lowest BCUT2D eigenvalue weighted by Gasteiger charge is -2.28. The lowest BCUT2D eigenvalue weighted by atomic mass is 9.93. The Bertz CT molecular complexity index is 638. The maximum atomic E-state index is 12.5. The van der Waals surface area contributed by atoms with Gasteiger partial charge < -0.3 is 15.4 Å². The van der Waals surface area contributed by atoms with Crippen LogP contribution >= 0.6 is 11.8 Å². The van der Waals surface area contributed by atoms with Gasteiger partial charge in [0.05, 0.1) is 11.6 Å². The summed E-state index contributed by atoms with van der Waals surface area (Å²) in [5.74, 6) is 0.771. The first kappa shape index (κ1) is 18.4. The molecule has 0 bridgehead atoms. The number of esters is 1. The highest BCUT2D eigenvalue weighted by Crippen LogP contribution is 2.28. The van der Waals surface area contributed by atoms with E-state index in [1.165, 1.54) is 5.56 Å². The summed E-state index contributed by atoms with van der Waals surface area (Å²) in [4.78, 5) is 24.3. The van der Waals surface area contributed by atoms with Gasteiger partial charge in [0.2, 0.25) is 0 Å². The van der Waals surface area contributed by atoms with Gasteiger partial charge in [-0.1, -0.05) is 38.1 Å². The van der Waals surface area contributed by atoms with Gasteiger partial charge in [-0.2, -0.15) is 11.8 Å². The molecule has 130 valence electrons. The molecule has 0 saturated carbocycles. The molecule has 1 unspecified atom stereocenters. The van der Waals surface area contributed by atoms with E-state index in [4.69, 9.17) is 4.74 Å². The first-order chi connectivity index (χ1) is 11.4. The number of carbonyl (C=O) groups excluding carboxylic acids is 2. The van der Waals surface area contributed by atoms with Crippen molar-refractivity contribution >= 4 is 23.8 Å². The number of amides is 2. The third-order valence-corrected chi connectivity index (χ3v) is 4.52. The van der Waals surface area contributed by atoms with Crippen LogP contribution in [0.5, 0.6) is 0 Å². The summed E-state index contributed by atoms with van der Waals surface area (Å²) in [7, 11) is 0. The number of hydrogen-bond donors (Lipinski definition) is 2. The van der Waals surface area contributed by atoms with Gasteiger partial charge >= 0.3 is 12.0 Å². The van der Waals surface area contributed by atoms with Gasteiger partial charge in [-0.05, 0) is 30.2 Å². The van der Waals surface area contributed by atoms with Crippen molar-refractivity contribution in [3.63, 3.8) is 0 Å². The average molecular weight is 348 g/mol. The zero-order valence-electron chi connectivity index (χ0n) is 14.5. The van der Waals surface area contributed by atoms with Crippen LogP contribution in [0.3, 0.4) is 0 Å². The molecule has 2 rings (SSSR count). The maximum Gasteiger partial charge on any atom is 0.338 e. The third kappa shape index (κ3) is 4.32. The fraction of sp³-hybridized carbons (Fsp3) is 0.444. The van der Waals surface area contributed by atoms with Crippen molar-refractivity contribution in [1.29, 1.82) is 0 Å². The summed E-state index contributed by atoms with van der Waals surface area (Å²) >= 11 is 1.61. The number of rotatable bonds is 6. The molecular formula is C18H24N2O3S. The van der Waals surface area contributed by atoms with Gasteiger partial charge in [-0.3, -0.25) is 0 Å². The molecule has 2 N–H and O–H groups in total. The van der Waals surface area contributed by atoms with Crippen molar-refractivity contribution in [3.05, 3.63) is 46.7 Å². The Hall–Kier alpha value is -1.95. The Morgan fingerprint density at radius 2 is 1.96 bits per heavy atom. The topological polar surface area (TPSA) is 67.4 Å². The van der Waals surface area contributed by atoms with Crippen LogP contribution in [0.15, 0.2) is 35.5 Å². The zero-order chi connectivity index (χ0) is 17.7. The molecule has 0 radical (unpaired) electrons. The van der Waals surface area contributed by atoms with Gasteiger partial charge in [0, 0.05) is 11.4 Å². The van der Waals surface area contributed by atoms with E-state index in [0.29, 0.717) is 23.8 Å². The van der Waals surface area contributed by atoms with Gasteiger partial charge in [-0.15, -0.1) is 0 Å². The molecule has 1 aromatic carbocycles. The summed E-state index contributed by atoms with van der Waals surface area (Å²) < 4.78 is 5.33. The van der Waals surface area contributed by atoms with Crippen molar-refractivity contribution in [2.75, 3.05) is 18.6 Å². The van der Waals surface area contributed by atoms with Crippen LogP contribution < -0.4 is 10.6 Å². The molecular weight excluding hydrogens is 324 g/mol. The van der Waals surface area contributed by atoms with Crippen LogP contribution in [0.4, 0.5) is 4.79 Å². The van der Waals surface area contributed by atoms with E-state index in [-0.39, 0.29) is 6.03 Å². The minimum atomic E-state index is -0.498. The molecule has 1 heterocycles. The molecule has 24 heavy (non-hydrogen) atoms. The van der Waals surface area contributed by atoms with E-state index in [0.717, 1.165) is 11.3 Å². The first-order valence-corrected chi connectivity index (χ1v) is 9.37. The number of ether oxygens (including phenoxy) is 1. The number of carbonyl (C=O) groups is 2. The molecule has 1 aliphatic heterocycles. The van der Waals surface area contributed by atoms with Crippen molar-refractivity contribution in [3.8, 4) is 0 Å². The number of benzene rings is 1. The van der Waals surface area contributed by atoms with Crippen LogP contribution in [0, 0.1) is 0 Å². The molecule has 2 amide bonds. The molecule has 0 saturated heterocycles. The van der Waals surface area contributed by atoms with Gasteiger partial charge in [0.25, 0.3) is 0 Å². The first-order valence-electron chi connectivity index (χ1n) is 7.98. The molecule has 1 atom stereocenters. The predicted molar refractivity (Wildman–Crippen MR) is 97.0 cm³/mol. The van der Waals surface area contributed by atoms with Crippen molar-refractivity contribution < 1.29 is 14.3 Å². The van der Waals surface area contributed by atoms with Crippen LogP contribution in [0.2, 0.25) is 0 Å². The van der Waals surface area contributed by atoms with Crippen molar-refractivity contribution in [2.24, 2.45) is 0 Å². The molecule has 1 aliphatic rings. The monoisotopic (exact) mass is 348 g/mol. The Labute approximate surface area is 147 Å². The van der Waals surface area contributed by atoms with E-state index >= 15 is 0 Å². The summed E-state index contributed by atoms with van der Waals surface area (Å²) in [6.45, 7) is 6.32. The maximum absolute atomic E-state index is 12.5. The largest absolute Gasteiger partial charge is 0.461 e. The predicted octanol–water partition coefficient (Wildman–Crippen LogP) is 3.34. The molecule has 0 aromatic heterocycles. The Balaban J connectivity index is 2.28. The summed E-state index contributed by atoms with van der Waals surface area (Å²) in [5, 5.41) is 5.47.